The molecule has 0 saturated carbocycles. The third kappa shape index (κ3) is 3.69. The van der Waals surface area contributed by atoms with E-state index in [1.807, 2.05) is 32.0 Å². The smallest absolute Gasteiger partial charge is 0.252 e. The summed E-state index contributed by atoms with van der Waals surface area (Å²) < 4.78 is 0. The lowest BCUT2D eigenvalue weighted by molar-refractivity contribution is 0.0836. The lowest BCUT2D eigenvalue weighted by Crippen LogP contribution is -2.51. The summed E-state index contributed by atoms with van der Waals surface area (Å²) in [5.74, 6) is 0.0627. The molecule has 1 unspecified atom stereocenters. The number of aryl methyl sites for hydroxylation is 3. The standard InChI is InChI=1S/C27H36N2O/c1-5-6-11-21-12-8-13-22(18-21)25(27-16-14-23(15-17-27)29(27)4)28-26(30)24-19(2)9-7-10-20(24)3/h7-10,12-13,18,23,25H,5-6,11,14-17H2,1-4H3,(H,28,30). The summed E-state index contributed by atoms with van der Waals surface area (Å²) in [5.41, 5.74) is 5.59. The Hall–Kier alpha value is -2.13. The number of rotatable bonds is 7. The number of carbonyl (C=O) groups is 1. The molecule has 1 N–H and O–H groups in total. The fourth-order valence-electron chi connectivity index (χ4n) is 5.91. The lowest BCUT2D eigenvalue weighted by Gasteiger charge is -2.41. The zero-order chi connectivity index (χ0) is 21.3. The van der Waals surface area contributed by atoms with Gasteiger partial charge in [0, 0.05) is 17.1 Å². The van der Waals surface area contributed by atoms with Gasteiger partial charge in [0.25, 0.3) is 5.91 Å². The van der Waals surface area contributed by atoms with Crippen molar-refractivity contribution in [2.75, 3.05) is 7.05 Å². The van der Waals surface area contributed by atoms with Crippen molar-refractivity contribution in [2.45, 2.75) is 83.3 Å². The third-order valence-electron chi connectivity index (χ3n) is 7.70. The highest BCUT2D eigenvalue weighted by molar-refractivity contribution is 5.97. The maximum Gasteiger partial charge on any atom is 0.252 e. The summed E-state index contributed by atoms with van der Waals surface area (Å²) in [6, 6.07) is 15.8. The quantitative estimate of drug-likeness (QED) is 0.638. The average molecular weight is 405 g/mol. The molecule has 3 heteroatoms. The summed E-state index contributed by atoms with van der Waals surface area (Å²) >= 11 is 0. The fraction of sp³-hybridized carbons (Fsp3) is 0.519. The van der Waals surface area contributed by atoms with Crippen molar-refractivity contribution in [3.05, 3.63) is 70.3 Å². The van der Waals surface area contributed by atoms with Crippen LogP contribution in [0.4, 0.5) is 0 Å². The Morgan fingerprint density at radius 3 is 2.40 bits per heavy atom. The van der Waals surface area contributed by atoms with Gasteiger partial charge in [-0.15, -0.1) is 0 Å². The average Bonchev–Trinajstić information content (AvgIpc) is 3.23. The van der Waals surface area contributed by atoms with E-state index in [1.54, 1.807) is 0 Å². The molecular formula is C27H36N2O. The van der Waals surface area contributed by atoms with Crippen LogP contribution in [0.1, 0.15) is 84.1 Å². The zero-order valence-corrected chi connectivity index (χ0v) is 19.0. The number of likely N-dealkylation sites (N-methyl/N-ethyl adjacent to an activating group) is 1. The van der Waals surface area contributed by atoms with Gasteiger partial charge in [0.05, 0.1) is 6.04 Å². The number of fused-ring (bicyclic) bond motifs is 2. The van der Waals surface area contributed by atoms with Crippen LogP contribution in [0.15, 0.2) is 42.5 Å². The van der Waals surface area contributed by atoms with Crippen LogP contribution in [0.25, 0.3) is 0 Å². The van der Waals surface area contributed by atoms with Crippen LogP contribution >= 0.6 is 0 Å². The van der Waals surface area contributed by atoms with Crippen molar-refractivity contribution >= 4 is 5.91 Å². The lowest BCUT2D eigenvalue weighted by atomic mass is 9.78. The van der Waals surface area contributed by atoms with E-state index in [9.17, 15) is 4.79 Å². The molecule has 2 aromatic carbocycles. The van der Waals surface area contributed by atoms with Gasteiger partial charge < -0.3 is 5.32 Å². The monoisotopic (exact) mass is 404 g/mol. The minimum Gasteiger partial charge on any atom is -0.343 e. The van der Waals surface area contributed by atoms with Gasteiger partial charge in [-0.25, -0.2) is 0 Å². The van der Waals surface area contributed by atoms with Gasteiger partial charge >= 0.3 is 0 Å². The van der Waals surface area contributed by atoms with Crippen molar-refractivity contribution < 1.29 is 4.79 Å². The number of carbonyl (C=O) groups excluding carboxylic acids is 1. The van der Waals surface area contributed by atoms with E-state index in [0.29, 0.717) is 6.04 Å². The van der Waals surface area contributed by atoms with Gasteiger partial charge in [0.2, 0.25) is 0 Å². The number of hydrogen-bond donors (Lipinski definition) is 1. The van der Waals surface area contributed by atoms with Gasteiger partial charge in [-0.2, -0.15) is 0 Å². The number of nitrogens with one attached hydrogen (secondary N) is 1. The van der Waals surface area contributed by atoms with E-state index in [-0.39, 0.29) is 17.5 Å². The van der Waals surface area contributed by atoms with Gasteiger partial charge in [-0.1, -0.05) is 55.8 Å². The molecule has 0 aromatic heterocycles. The number of hydrogen-bond acceptors (Lipinski definition) is 2. The Morgan fingerprint density at radius 1 is 1.13 bits per heavy atom. The Labute approximate surface area is 181 Å². The summed E-state index contributed by atoms with van der Waals surface area (Å²) in [7, 11) is 2.27. The number of amides is 1. The number of unbranched alkanes of at least 4 members (excludes halogenated alkanes) is 1. The van der Waals surface area contributed by atoms with E-state index < -0.39 is 0 Å². The van der Waals surface area contributed by atoms with Gasteiger partial charge in [-0.05, 0) is 81.7 Å². The molecule has 160 valence electrons. The first-order valence-corrected chi connectivity index (χ1v) is 11.6. The molecule has 4 rings (SSSR count). The molecule has 2 bridgehead atoms. The van der Waals surface area contributed by atoms with Crippen LogP contribution in [0.2, 0.25) is 0 Å². The van der Waals surface area contributed by atoms with Crippen LogP contribution in [-0.4, -0.2) is 29.4 Å². The summed E-state index contributed by atoms with van der Waals surface area (Å²) in [4.78, 5) is 16.1. The SMILES string of the molecule is CCCCc1cccc(C(NC(=O)c2c(C)cccc2C)C23CCC(CC2)N3C)c1. The number of nitrogens with zero attached hydrogens (tertiary/aromatic N) is 1. The van der Waals surface area contributed by atoms with E-state index in [4.69, 9.17) is 0 Å². The Morgan fingerprint density at radius 2 is 1.80 bits per heavy atom. The van der Waals surface area contributed by atoms with E-state index in [0.717, 1.165) is 36.0 Å². The van der Waals surface area contributed by atoms with Gasteiger partial charge in [0.1, 0.15) is 0 Å². The molecule has 1 amide bonds. The Bertz CT molecular complexity index is 891. The van der Waals surface area contributed by atoms with Crippen LogP contribution in [0, 0.1) is 13.8 Å². The molecule has 3 nitrogen and oxygen atoms in total. The molecule has 1 atom stereocenters. The van der Waals surface area contributed by atoms with Gasteiger partial charge in [0.15, 0.2) is 0 Å². The summed E-state index contributed by atoms with van der Waals surface area (Å²) in [6.07, 6.45) is 8.30. The first kappa shape index (κ1) is 21.1. The van der Waals surface area contributed by atoms with Crippen molar-refractivity contribution in [2.24, 2.45) is 0 Å². The largest absolute Gasteiger partial charge is 0.343 e. The van der Waals surface area contributed by atoms with Crippen molar-refractivity contribution in [3.8, 4) is 0 Å². The predicted octanol–water partition coefficient (Wildman–Crippen LogP) is 5.74. The van der Waals surface area contributed by atoms with Crippen molar-refractivity contribution in [3.63, 3.8) is 0 Å². The Balaban J connectivity index is 1.71. The first-order chi connectivity index (χ1) is 14.5. The van der Waals surface area contributed by atoms with Crippen LogP contribution in [-0.2, 0) is 6.42 Å². The second-order valence-corrected chi connectivity index (χ2v) is 9.47. The normalized spacial score (nSPS) is 24.2. The topological polar surface area (TPSA) is 32.3 Å². The highest BCUT2D eigenvalue weighted by Gasteiger charge is 2.54. The second kappa shape index (κ2) is 8.55. The Kier molecular flexibility index (Phi) is 6.02. The molecule has 2 aliphatic rings. The molecule has 2 heterocycles. The van der Waals surface area contributed by atoms with Crippen LogP contribution < -0.4 is 5.32 Å². The summed E-state index contributed by atoms with van der Waals surface area (Å²) in [5, 5.41) is 3.52. The second-order valence-electron chi connectivity index (χ2n) is 9.47. The molecule has 0 radical (unpaired) electrons. The minimum atomic E-state index is 0.0167. The fourth-order valence-corrected chi connectivity index (χ4v) is 5.91. The highest BCUT2D eigenvalue weighted by atomic mass is 16.1. The van der Waals surface area contributed by atoms with Crippen LogP contribution in [0.5, 0.6) is 0 Å². The molecule has 0 aliphatic carbocycles. The van der Waals surface area contributed by atoms with Crippen molar-refractivity contribution in [1.82, 2.24) is 10.2 Å². The maximum atomic E-state index is 13.5. The highest BCUT2D eigenvalue weighted by Crippen LogP contribution is 2.51. The molecule has 2 saturated heterocycles. The third-order valence-corrected chi connectivity index (χ3v) is 7.70. The van der Waals surface area contributed by atoms with E-state index in [2.05, 4.69) is 48.5 Å². The number of benzene rings is 2. The van der Waals surface area contributed by atoms with Gasteiger partial charge in [-0.3, -0.25) is 9.69 Å². The minimum absolute atomic E-state index is 0.0167. The van der Waals surface area contributed by atoms with Crippen LogP contribution in [0.3, 0.4) is 0 Å². The zero-order valence-electron chi connectivity index (χ0n) is 19.0. The molecule has 0 spiro atoms. The molecule has 30 heavy (non-hydrogen) atoms. The molecule has 2 fully saturated rings. The predicted molar refractivity (Wildman–Crippen MR) is 124 cm³/mol. The maximum absolute atomic E-state index is 13.5. The van der Waals surface area contributed by atoms with E-state index in [1.165, 1.54) is 36.8 Å². The molecule has 2 aliphatic heterocycles. The first-order valence-electron chi connectivity index (χ1n) is 11.6. The van der Waals surface area contributed by atoms with E-state index >= 15 is 0 Å². The molecular weight excluding hydrogens is 368 g/mol. The molecule has 2 aromatic rings. The van der Waals surface area contributed by atoms with Crippen molar-refractivity contribution in [1.29, 1.82) is 0 Å². The summed E-state index contributed by atoms with van der Waals surface area (Å²) in [6.45, 7) is 6.31.